The number of nitrogens with zero attached hydrogens (tertiary/aromatic N) is 1. The third-order valence-corrected chi connectivity index (χ3v) is 3.80. The highest BCUT2D eigenvalue weighted by Crippen LogP contribution is 2.03. The fourth-order valence-electron chi connectivity index (χ4n) is 1.09. The average molecular weight is 323 g/mol. The summed E-state index contributed by atoms with van der Waals surface area (Å²) in [5.74, 6) is 0.667. The zero-order valence-corrected chi connectivity index (χ0v) is 10.8. The van der Waals surface area contributed by atoms with Crippen molar-refractivity contribution in [3.8, 4) is 0 Å². The molecule has 0 aromatic rings. The zero-order valence-electron chi connectivity index (χ0n) is 6.70. The lowest BCUT2D eigenvalue weighted by molar-refractivity contribution is 0.315. The van der Waals surface area contributed by atoms with Crippen LogP contribution in [0.3, 0.4) is 0 Å². The number of halogens is 2. The summed E-state index contributed by atoms with van der Waals surface area (Å²) in [5.41, 5.74) is 0. The van der Waals surface area contributed by atoms with Gasteiger partial charge in [0.15, 0.2) is 9.84 Å². The number of alkyl halides is 1. The molecule has 0 spiro atoms. The van der Waals surface area contributed by atoms with E-state index in [0.29, 0.717) is 24.6 Å². The Balaban J connectivity index is 0.00000121. The molecular formula is C6H13Br2NO2S. The van der Waals surface area contributed by atoms with E-state index < -0.39 is 9.84 Å². The Labute approximate surface area is 92.3 Å². The molecule has 0 aromatic heterocycles. The van der Waals surface area contributed by atoms with Gasteiger partial charge in [0.2, 0.25) is 0 Å². The summed E-state index contributed by atoms with van der Waals surface area (Å²) in [4.78, 5) is 2.16. The number of sulfone groups is 1. The fourth-order valence-corrected chi connectivity index (χ4v) is 2.87. The molecule has 3 nitrogen and oxygen atoms in total. The van der Waals surface area contributed by atoms with Crippen molar-refractivity contribution in [1.82, 2.24) is 4.90 Å². The van der Waals surface area contributed by atoms with Crippen molar-refractivity contribution in [2.75, 3.05) is 36.5 Å². The Kier molecular flexibility index (Phi) is 5.97. The molecule has 1 rings (SSSR count). The minimum Gasteiger partial charge on any atom is -0.300 e. The second-order valence-electron chi connectivity index (χ2n) is 2.68. The maximum atomic E-state index is 11.0. The van der Waals surface area contributed by atoms with Gasteiger partial charge >= 0.3 is 0 Å². The van der Waals surface area contributed by atoms with Crippen molar-refractivity contribution < 1.29 is 8.42 Å². The minimum absolute atomic E-state index is 0. The molecule has 0 aliphatic carbocycles. The average Bonchev–Trinajstić information content (AvgIpc) is 1.94. The summed E-state index contributed by atoms with van der Waals surface area (Å²) in [6.45, 7) is 2.36. The smallest absolute Gasteiger partial charge is 0.152 e. The van der Waals surface area contributed by atoms with Crippen molar-refractivity contribution in [2.45, 2.75) is 0 Å². The Morgan fingerprint density at radius 1 is 1.25 bits per heavy atom. The molecule has 74 valence electrons. The van der Waals surface area contributed by atoms with Crippen LogP contribution in [-0.4, -0.2) is 49.8 Å². The van der Waals surface area contributed by atoms with E-state index in [1.807, 2.05) is 0 Å². The van der Waals surface area contributed by atoms with Crippen molar-refractivity contribution in [1.29, 1.82) is 0 Å². The number of hydrogen-bond donors (Lipinski definition) is 0. The van der Waals surface area contributed by atoms with Gasteiger partial charge in [0.05, 0.1) is 11.5 Å². The van der Waals surface area contributed by atoms with E-state index in [9.17, 15) is 8.42 Å². The van der Waals surface area contributed by atoms with Crippen LogP contribution in [0, 0.1) is 0 Å². The number of rotatable bonds is 2. The molecule has 0 unspecified atom stereocenters. The van der Waals surface area contributed by atoms with Gasteiger partial charge in [-0.1, -0.05) is 15.9 Å². The highest BCUT2D eigenvalue weighted by Gasteiger charge is 2.20. The van der Waals surface area contributed by atoms with Crippen LogP contribution in [0.15, 0.2) is 0 Å². The van der Waals surface area contributed by atoms with E-state index in [1.165, 1.54) is 0 Å². The monoisotopic (exact) mass is 321 g/mol. The van der Waals surface area contributed by atoms with E-state index in [1.54, 1.807) is 0 Å². The summed E-state index contributed by atoms with van der Waals surface area (Å²) in [5, 5.41) is 0.924. The predicted molar refractivity (Wildman–Crippen MR) is 59.2 cm³/mol. The molecule has 1 aliphatic rings. The fraction of sp³-hybridized carbons (Fsp3) is 1.00. The summed E-state index contributed by atoms with van der Waals surface area (Å²) >= 11 is 3.32. The Bertz CT molecular complexity index is 204. The normalized spacial score (nSPS) is 23.1. The molecule has 0 radical (unpaired) electrons. The molecule has 0 atom stereocenters. The quantitative estimate of drug-likeness (QED) is 0.702. The van der Waals surface area contributed by atoms with Crippen LogP contribution < -0.4 is 0 Å². The van der Waals surface area contributed by atoms with Crippen molar-refractivity contribution in [3.05, 3.63) is 0 Å². The molecule has 0 amide bonds. The van der Waals surface area contributed by atoms with Crippen LogP contribution in [-0.2, 0) is 9.84 Å². The summed E-state index contributed by atoms with van der Waals surface area (Å²) in [6.07, 6.45) is 0. The second kappa shape index (κ2) is 5.57. The molecular weight excluding hydrogens is 310 g/mol. The van der Waals surface area contributed by atoms with Gasteiger partial charge in [-0.2, -0.15) is 0 Å². The van der Waals surface area contributed by atoms with Crippen LogP contribution in [0.4, 0.5) is 0 Å². The summed E-state index contributed by atoms with van der Waals surface area (Å²) < 4.78 is 21.9. The molecule has 12 heavy (non-hydrogen) atoms. The Hall–Kier alpha value is 0.870. The van der Waals surface area contributed by atoms with Gasteiger partial charge < -0.3 is 4.90 Å². The molecule has 0 bridgehead atoms. The van der Waals surface area contributed by atoms with E-state index in [-0.39, 0.29) is 17.0 Å². The van der Waals surface area contributed by atoms with Crippen molar-refractivity contribution in [2.24, 2.45) is 0 Å². The van der Waals surface area contributed by atoms with Crippen LogP contribution in [0.1, 0.15) is 0 Å². The van der Waals surface area contributed by atoms with Gasteiger partial charge in [-0.15, -0.1) is 17.0 Å². The topological polar surface area (TPSA) is 37.4 Å². The standard InChI is InChI=1S/C6H12BrNO2S.BrH/c7-1-2-8-3-5-11(9,10)6-4-8;/h1-6H2;1H. The molecule has 1 saturated heterocycles. The molecule has 6 heteroatoms. The van der Waals surface area contributed by atoms with Gasteiger partial charge in [-0.25, -0.2) is 8.42 Å². The van der Waals surface area contributed by atoms with Crippen LogP contribution in [0.2, 0.25) is 0 Å². The second-order valence-corrected chi connectivity index (χ2v) is 5.78. The molecule has 1 heterocycles. The lowest BCUT2D eigenvalue weighted by atomic mass is 10.5. The lowest BCUT2D eigenvalue weighted by Gasteiger charge is -2.25. The summed E-state index contributed by atoms with van der Waals surface area (Å²) in [7, 11) is -2.69. The van der Waals surface area contributed by atoms with E-state index in [2.05, 4.69) is 20.8 Å². The highest BCUT2D eigenvalue weighted by atomic mass is 79.9. The maximum Gasteiger partial charge on any atom is 0.152 e. The maximum absolute atomic E-state index is 11.0. The van der Waals surface area contributed by atoms with E-state index in [0.717, 1.165) is 11.9 Å². The van der Waals surface area contributed by atoms with Gasteiger partial charge in [0, 0.05) is 25.0 Å². The van der Waals surface area contributed by atoms with Crippen LogP contribution in [0.5, 0.6) is 0 Å². The third-order valence-electron chi connectivity index (χ3n) is 1.84. The number of hydrogen-bond acceptors (Lipinski definition) is 3. The largest absolute Gasteiger partial charge is 0.300 e. The zero-order chi connectivity index (χ0) is 8.32. The predicted octanol–water partition coefficient (Wildman–Crippen LogP) is 0.690. The molecule has 1 fully saturated rings. The SMILES string of the molecule is Br.O=S1(=O)CCN(CCBr)CC1. The van der Waals surface area contributed by atoms with Gasteiger partial charge in [-0.3, -0.25) is 0 Å². The first kappa shape index (κ1) is 12.9. The molecule has 1 aliphatic heterocycles. The van der Waals surface area contributed by atoms with Crippen molar-refractivity contribution >= 4 is 42.7 Å². The molecule has 0 N–H and O–H groups in total. The van der Waals surface area contributed by atoms with E-state index >= 15 is 0 Å². The first-order valence-electron chi connectivity index (χ1n) is 3.63. The van der Waals surface area contributed by atoms with Crippen molar-refractivity contribution in [3.63, 3.8) is 0 Å². The minimum atomic E-state index is -2.69. The van der Waals surface area contributed by atoms with E-state index in [4.69, 9.17) is 0 Å². The molecule has 0 saturated carbocycles. The first-order chi connectivity index (χ1) is 5.14. The van der Waals surface area contributed by atoms with Crippen LogP contribution in [0.25, 0.3) is 0 Å². The van der Waals surface area contributed by atoms with Gasteiger partial charge in [0.25, 0.3) is 0 Å². The lowest BCUT2D eigenvalue weighted by Crippen LogP contribution is -2.40. The Morgan fingerprint density at radius 2 is 1.75 bits per heavy atom. The summed E-state index contributed by atoms with van der Waals surface area (Å²) in [6, 6.07) is 0. The van der Waals surface area contributed by atoms with Crippen LogP contribution >= 0.6 is 32.9 Å². The van der Waals surface area contributed by atoms with Gasteiger partial charge in [-0.05, 0) is 0 Å². The Morgan fingerprint density at radius 3 is 2.17 bits per heavy atom. The third kappa shape index (κ3) is 4.20. The highest BCUT2D eigenvalue weighted by molar-refractivity contribution is 9.09. The van der Waals surface area contributed by atoms with Gasteiger partial charge in [0.1, 0.15) is 0 Å². The first-order valence-corrected chi connectivity index (χ1v) is 6.57. The molecule has 0 aromatic carbocycles.